The largest absolute Gasteiger partial charge is 0.417 e. The van der Waals surface area contributed by atoms with Gasteiger partial charge in [-0.1, -0.05) is 35.5 Å². The van der Waals surface area contributed by atoms with Crippen LogP contribution < -0.4 is 0 Å². The van der Waals surface area contributed by atoms with Gasteiger partial charge in [-0.15, -0.1) is 10.2 Å². The van der Waals surface area contributed by atoms with Crippen molar-refractivity contribution >= 4 is 44.9 Å². The lowest BCUT2D eigenvalue weighted by molar-refractivity contribution is -0.137. The number of carbonyl (C=O) groups is 1. The Morgan fingerprint density at radius 1 is 1.17 bits per heavy atom. The van der Waals surface area contributed by atoms with Crippen molar-refractivity contribution in [1.29, 1.82) is 0 Å². The molecule has 0 bridgehead atoms. The van der Waals surface area contributed by atoms with Crippen LogP contribution in [-0.2, 0) is 16.2 Å². The number of sulfonamides is 1. The Kier molecular flexibility index (Phi) is 4.74. The van der Waals surface area contributed by atoms with Gasteiger partial charge in [0.2, 0.25) is 0 Å². The zero-order valence-electron chi connectivity index (χ0n) is 14.2. The number of carbonyl (C=O) groups excluding carboxylic acids is 1. The van der Waals surface area contributed by atoms with E-state index in [1.807, 2.05) is 0 Å². The fourth-order valence-electron chi connectivity index (χ4n) is 2.86. The second kappa shape index (κ2) is 6.89. The molecule has 2 aromatic heterocycles. The van der Waals surface area contributed by atoms with Crippen molar-refractivity contribution in [2.24, 2.45) is 0 Å². The molecule has 1 aromatic carbocycles. The highest BCUT2D eigenvalue weighted by Crippen LogP contribution is 2.34. The monoisotopic (exact) mass is 462 g/mol. The number of rotatable bonds is 4. The molecule has 0 unspecified atom stereocenters. The lowest BCUT2D eigenvalue weighted by Crippen LogP contribution is -2.32. The summed E-state index contributed by atoms with van der Waals surface area (Å²) in [7, 11) is -3.95. The number of amides is 1. The molecular formula is C16H10ClF3N4O3S2. The van der Waals surface area contributed by atoms with Crippen molar-refractivity contribution in [2.45, 2.75) is 16.2 Å². The number of alkyl halides is 3. The maximum atomic E-state index is 13.0. The highest BCUT2D eigenvalue weighted by molar-refractivity contribution is 7.99. The molecule has 152 valence electrons. The Morgan fingerprint density at radius 2 is 1.90 bits per heavy atom. The van der Waals surface area contributed by atoms with Crippen LogP contribution in [0.25, 0.3) is 5.65 Å². The minimum Gasteiger partial charge on any atom is -0.276 e. The fraction of sp³-hybridized carbons (Fsp3) is 0.188. The topological polar surface area (TPSA) is 84.6 Å². The molecule has 7 nitrogen and oxygen atoms in total. The first-order valence-corrected chi connectivity index (χ1v) is 10.8. The summed E-state index contributed by atoms with van der Waals surface area (Å²) >= 11 is 6.82. The van der Waals surface area contributed by atoms with Crippen LogP contribution in [0.5, 0.6) is 0 Å². The van der Waals surface area contributed by atoms with Gasteiger partial charge in [0.15, 0.2) is 10.8 Å². The summed E-state index contributed by atoms with van der Waals surface area (Å²) in [5, 5.41) is 7.45. The summed E-state index contributed by atoms with van der Waals surface area (Å²) in [5.41, 5.74) is -0.837. The SMILES string of the molecule is O=C1c2ccccc2S(=O)(=O)N1CCSc1nnc2c(Cl)cc(C(F)(F)F)cn12. The van der Waals surface area contributed by atoms with Crippen molar-refractivity contribution in [1.82, 2.24) is 18.9 Å². The van der Waals surface area contributed by atoms with Crippen LogP contribution in [0.1, 0.15) is 15.9 Å². The molecule has 1 aliphatic heterocycles. The van der Waals surface area contributed by atoms with E-state index in [0.717, 1.165) is 32.7 Å². The van der Waals surface area contributed by atoms with Gasteiger partial charge < -0.3 is 0 Å². The molecule has 1 aliphatic rings. The second-order valence-electron chi connectivity index (χ2n) is 5.98. The average molecular weight is 463 g/mol. The van der Waals surface area contributed by atoms with E-state index in [2.05, 4.69) is 10.2 Å². The molecule has 13 heteroatoms. The third-order valence-electron chi connectivity index (χ3n) is 4.19. The van der Waals surface area contributed by atoms with Crippen molar-refractivity contribution in [3.63, 3.8) is 0 Å². The van der Waals surface area contributed by atoms with Crippen molar-refractivity contribution in [2.75, 3.05) is 12.3 Å². The van der Waals surface area contributed by atoms with E-state index in [-0.39, 0.29) is 38.6 Å². The first-order valence-electron chi connectivity index (χ1n) is 8.01. The quantitative estimate of drug-likeness (QED) is 0.553. The minimum absolute atomic E-state index is 0.0412. The summed E-state index contributed by atoms with van der Waals surface area (Å²) in [4.78, 5) is 12.3. The van der Waals surface area contributed by atoms with Gasteiger partial charge in [-0.05, 0) is 18.2 Å². The molecule has 0 radical (unpaired) electrons. The number of benzene rings is 1. The van der Waals surface area contributed by atoms with Gasteiger partial charge in [0.25, 0.3) is 15.9 Å². The predicted octanol–water partition coefficient (Wildman–Crippen LogP) is 3.34. The summed E-state index contributed by atoms with van der Waals surface area (Å²) in [6, 6.07) is 6.62. The Hall–Kier alpha value is -2.31. The number of hydrogen-bond acceptors (Lipinski definition) is 6. The van der Waals surface area contributed by atoms with Crippen LogP contribution in [-0.4, -0.2) is 45.5 Å². The van der Waals surface area contributed by atoms with Crippen LogP contribution in [0.15, 0.2) is 46.6 Å². The third-order valence-corrected chi connectivity index (χ3v) is 7.24. The molecule has 1 amide bonds. The molecule has 0 fully saturated rings. The molecule has 0 spiro atoms. The van der Waals surface area contributed by atoms with E-state index in [9.17, 15) is 26.4 Å². The zero-order valence-corrected chi connectivity index (χ0v) is 16.6. The van der Waals surface area contributed by atoms with Gasteiger partial charge in [0.05, 0.1) is 16.1 Å². The summed E-state index contributed by atoms with van der Waals surface area (Å²) in [6.07, 6.45) is -3.79. The van der Waals surface area contributed by atoms with Crippen LogP contribution in [0, 0.1) is 0 Å². The van der Waals surface area contributed by atoms with Crippen molar-refractivity contribution in [3.8, 4) is 0 Å². The maximum Gasteiger partial charge on any atom is 0.417 e. The number of aromatic nitrogens is 3. The van der Waals surface area contributed by atoms with Crippen LogP contribution in [0.3, 0.4) is 0 Å². The van der Waals surface area contributed by atoms with Crippen LogP contribution in [0.2, 0.25) is 5.02 Å². The first kappa shape index (κ1) is 20.0. The molecule has 4 rings (SSSR count). The number of pyridine rings is 1. The fourth-order valence-corrected chi connectivity index (χ4v) is 5.62. The molecule has 3 heterocycles. The number of thioether (sulfide) groups is 1. The van der Waals surface area contributed by atoms with Gasteiger partial charge in [-0.25, -0.2) is 12.7 Å². The molecule has 0 saturated carbocycles. The smallest absolute Gasteiger partial charge is 0.276 e. The predicted molar refractivity (Wildman–Crippen MR) is 98.4 cm³/mol. The molecular weight excluding hydrogens is 453 g/mol. The average Bonchev–Trinajstić information content (AvgIpc) is 3.14. The van der Waals surface area contributed by atoms with Crippen LogP contribution >= 0.6 is 23.4 Å². The highest BCUT2D eigenvalue weighted by Gasteiger charge is 2.40. The standard InChI is InChI=1S/C16H10ClF3N4O3S2/c17-11-7-9(16(18,19)20)8-23-13(11)21-22-15(23)28-6-5-24-14(25)10-3-1-2-4-12(10)29(24,26)27/h1-4,7-8H,5-6H2. The molecule has 29 heavy (non-hydrogen) atoms. The molecule has 0 saturated heterocycles. The van der Waals surface area contributed by atoms with E-state index < -0.39 is 27.7 Å². The number of hydrogen-bond donors (Lipinski definition) is 0. The van der Waals surface area contributed by atoms with Gasteiger partial charge >= 0.3 is 6.18 Å². The number of halogens is 4. The second-order valence-corrected chi connectivity index (χ2v) is 9.28. The first-order chi connectivity index (χ1) is 13.6. The Bertz CT molecular complexity index is 1240. The van der Waals surface area contributed by atoms with E-state index in [1.165, 1.54) is 18.2 Å². The normalized spacial score (nSPS) is 15.9. The number of fused-ring (bicyclic) bond motifs is 2. The van der Waals surface area contributed by atoms with Crippen molar-refractivity contribution in [3.05, 3.63) is 52.7 Å². The maximum absolute atomic E-state index is 13.0. The van der Waals surface area contributed by atoms with Crippen molar-refractivity contribution < 1.29 is 26.4 Å². The minimum atomic E-state index is -4.61. The Labute approximate surface area is 171 Å². The molecule has 0 atom stereocenters. The summed E-state index contributed by atoms with van der Waals surface area (Å²) in [5.74, 6) is -0.581. The zero-order chi connectivity index (χ0) is 21.0. The molecule has 3 aromatic rings. The van der Waals surface area contributed by atoms with Gasteiger partial charge in [0, 0.05) is 18.5 Å². The lowest BCUT2D eigenvalue weighted by atomic mass is 10.2. The third kappa shape index (κ3) is 3.34. The van der Waals surface area contributed by atoms with Gasteiger partial charge in [0.1, 0.15) is 4.90 Å². The van der Waals surface area contributed by atoms with E-state index in [1.54, 1.807) is 6.07 Å². The lowest BCUT2D eigenvalue weighted by Gasteiger charge is -2.14. The van der Waals surface area contributed by atoms with E-state index >= 15 is 0 Å². The van der Waals surface area contributed by atoms with Gasteiger partial charge in [-0.3, -0.25) is 9.20 Å². The Balaban J connectivity index is 1.56. The van der Waals surface area contributed by atoms with E-state index in [0.29, 0.717) is 0 Å². The Morgan fingerprint density at radius 3 is 2.59 bits per heavy atom. The summed E-state index contributed by atoms with van der Waals surface area (Å²) < 4.78 is 65.9. The molecule has 0 aliphatic carbocycles. The highest BCUT2D eigenvalue weighted by atomic mass is 35.5. The van der Waals surface area contributed by atoms with Gasteiger partial charge in [-0.2, -0.15) is 13.2 Å². The summed E-state index contributed by atoms with van der Waals surface area (Å²) in [6.45, 7) is -0.178. The van der Waals surface area contributed by atoms with Crippen LogP contribution in [0.4, 0.5) is 13.2 Å². The molecule has 0 N–H and O–H groups in total. The number of nitrogens with zero attached hydrogens (tertiary/aromatic N) is 4. The van der Waals surface area contributed by atoms with E-state index in [4.69, 9.17) is 11.6 Å².